The Kier molecular flexibility index (Phi) is 8.46. The molecule has 50 heavy (non-hydrogen) atoms. The summed E-state index contributed by atoms with van der Waals surface area (Å²) in [6, 6.07) is 7.59. The van der Waals surface area contributed by atoms with Gasteiger partial charge in [0.15, 0.2) is 0 Å². The van der Waals surface area contributed by atoms with E-state index in [1.54, 1.807) is 19.1 Å². The lowest BCUT2D eigenvalue weighted by atomic mass is 9.33. The number of benzene rings is 1. The zero-order chi connectivity index (χ0) is 36.0. The van der Waals surface area contributed by atoms with Crippen molar-refractivity contribution in [1.82, 2.24) is 15.1 Å². The smallest absolute Gasteiger partial charge is 0.335 e. The highest BCUT2D eigenvalue weighted by Crippen LogP contribution is 2.76. The van der Waals surface area contributed by atoms with Crippen molar-refractivity contribution >= 4 is 23.5 Å². The number of carboxylic acids is 1. The van der Waals surface area contributed by atoms with Gasteiger partial charge in [0, 0.05) is 38.6 Å². The summed E-state index contributed by atoms with van der Waals surface area (Å²) in [7, 11) is 0. The molecule has 5 aliphatic carbocycles. The van der Waals surface area contributed by atoms with Gasteiger partial charge in [0.05, 0.1) is 5.56 Å². The molecule has 7 heteroatoms. The third-order valence-electron chi connectivity index (χ3n) is 16.5. The maximum absolute atomic E-state index is 14.0. The molecule has 6 aliphatic rings. The van der Waals surface area contributed by atoms with E-state index in [0.29, 0.717) is 61.3 Å². The third kappa shape index (κ3) is 5.05. The number of carboxylic acid groups (broad SMARTS) is 1. The first-order chi connectivity index (χ1) is 23.5. The molecule has 0 spiro atoms. The molecule has 2 N–H and O–H groups in total. The Balaban J connectivity index is 1.17. The fraction of sp³-hybridized carbons (Fsp3) is 0.698. The summed E-state index contributed by atoms with van der Waals surface area (Å²) in [6.07, 6.45) is 12.7. The highest BCUT2D eigenvalue weighted by molar-refractivity contribution is 5.88. The number of amides is 3. The van der Waals surface area contributed by atoms with E-state index in [-0.39, 0.29) is 39.1 Å². The minimum atomic E-state index is -0.879. The number of allylic oxidation sites excluding steroid dienone is 3. The molecule has 4 saturated carbocycles. The molecule has 9 atom stereocenters. The zero-order valence-corrected chi connectivity index (χ0v) is 31.7. The first-order valence-electron chi connectivity index (χ1n) is 19.5. The molecule has 1 heterocycles. The van der Waals surface area contributed by atoms with Gasteiger partial charge < -0.3 is 20.2 Å². The minimum absolute atomic E-state index is 0.0186. The fourth-order valence-corrected chi connectivity index (χ4v) is 13.8. The van der Waals surface area contributed by atoms with Gasteiger partial charge in [0.2, 0.25) is 5.91 Å². The van der Waals surface area contributed by atoms with Crippen LogP contribution in [0.4, 0.5) is 4.79 Å². The number of nitrogens with one attached hydrogen (secondary N) is 1. The van der Waals surface area contributed by atoms with Gasteiger partial charge in [-0.1, -0.05) is 65.0 Å². The average molecular weight is 684 g/mol. The second-order valence-corrected chi connectivity index (χ2v) is 18.7. The van der Waals surface area contributed by atoms with Crippen molar-refractivity contribution in [3.63, 3.8) is 0 Å². The van der Waals surface area contributed by atoms with Crippen LogP contribution in [0.15, 0.2) is 42.5 Å². The Morgan fingerprint density at radius 1 is 0.800 bits per heavy atom. The van der Waals surface area contributed by atoms with Crippen molar-refractivity contribution in [2.45, 2.75) is 112 Å². The Labute approximate surface area is 300 Å². The van der Waals surface area contributed by atoms with Crippen molar-refractivity contribution in [3.05, 3.63) is 53.6 Å². The van der Waals surface area contributed by atoms with E-state index in [9.17, 15) is 19.5 Å². The third-order valence-corrected chi connectivity index (χ3v) is 16.5. The summed E-state index contributed by atoms with van der Waals surface area (Å²) in [4.78, 5) is 41.3. The van der Waals surface area contributed by atoms with Gasteiger partial charge in [-0.3, -0.25) is 4.79 Å². The maximum atomic E-state index is 14.0. The monoisotopic (exact) mass is 683 g/mol. The van der Waals surface area contributed by atoms with Crippen molar-refractivity contribution in [3.8, 4) is 0 Å². The molecule has 0 unspecified atom stereocenters. The number of rotatable bonds is 4. The number of carbonyl (C=O) groups is 3. The van der Waals surface area contributed by atoms with E-state index in [1.807, 2.05) is 21.9 Å². The highest BCUT2D eigenvalue weighted by Gasteiger charge is 2.70. The molecule has 1 aromatic rings. The van der Waals surface area contributed by atoms with Crippen LogP contribution < -0.4 is 5.32 Å². The molecule has 1 saturated heterocycles. The lowest BCUT2D eigenvalue weighted by Crippen LogP contribution is -2.69. The van der Waals surface area contributed by atoms with Crippen LogP contribution in [0.1, 0.15) is 122 Å². The maximum Gasteiger partial charge on any atom is 0.335 e. The second-order valence-electron chi connectivity index (χ2n) is 18.7. The molecule has 1 aromatic carbocycles. The largest absolute Gasteiger partial charge is 0.478 e. The van der Waals surface area contributed by atoms with E-state index >= 15 is 0 Å². The Morgan fingerprint density at radius 2 is 1.46 bits per heavy atom. The van der Waals surface area contributed by atoms with Crippen LogP contribution in [0.25, 0.3) is 5.57 Å². The second kappa shape index (κ2) is 12.0. The number of hydrogen-bond donors (Lipinski definition) is 2. The molecule has 0 radical (unpaired) electrons. The summed E-state index contributed by atoms with van der Waals surface area (Å²) in [5.74, 6) is 1.73. The van der Waals surface area contributed by atoms with E-state index < -0.39 is 5.97 Å². The number of urea groups is 1. The van der Waals surface area contributed by atoms with Crippen molar-refractivity contribution in [2.24, 2.45) is 51.2 Å². The van der Waals surface area contributed by atoms with Crippen molar-refractivity contribution in [2.75, 3.05) is 26.2 Å². The molecular weight excluding hydrogens is 622 g/mol. The topological polar surface area (TPSA) is 90.0 Å². The van der Waals surface area contributed by atoms with Gasteiger partial charge in [-0.2, -0.15) is 0 Å². The number of hydrogen-bond acceptors (Lipinski definition) is 3. The van der Waals surface area contributed by atoms with Gasteiger partial charge >= 0.3 is 12.0 Å². The summed E-state index contributed by atoms with van der Waals surface area (Å²) in [5, 5.41) is 13.2. The number of fused-ring (bicyclic) bond motifs is 7. The molecular formula is C43H61N3O4. The Bertz CT molecular complexity index is 1610. The van der Waals surface area contributed by atoms with Gasteiger partial charge in [-0.15, -0.1) is 0 Å². The van der Waals surface area contributed by atoms with Crippen LogP contribution in [-0.2, 0) is 4.79 Å². The minimum Gasteiger partial charge on any atom is -0.478 e. The summed E-state index contributed by atoms with van der Waals surface area (Å²) >= 11 is 0. The lowest BCUT2D eigenvalue weighted by Gasteiger charge is -2.72. The fourth-order valence-electron chi connectivity index (χ4n) is 13.8. The molecule has 0 aromatic heterocycles. The zero-order valence-electron chi connectivity index (χ0n) is 31.7. The van der Waals surface area contributed by atoms with Crippen LogP contribution in [0.3, 0.4) is 0 Å². The van der Waals surface area contributed by atoms with Crippen LogP contribution in [0.2, 0.25) is 0 Å². The molecule has 5 fully saturated rings. The number of piperazine rings is 1. The highest BCUT2D eigenvalue weighted by atomic mass is 16.4. The first kappa shape index (κ1) is 35.3. The number of carbonyl (C=O) groups excluding carboxylic acids is 2. The molecule has 3 amide bonds. The number of nitrogens with zero attached hydrogens (tertiary/aromatic N) is 2. The van der Waals surface area contributed by atoms with Gasteiger partial charge in [-0.05, 0) is 139 Å². The van der Waals surface area contributed by atoms with Crippen molar-refractivity contribution in [1.29, 1.82) is 0 Å². The Hall–Kier alpha value is -3.09. The molecule has 0 bridgehead atoms. The van der Waals surface area contributed by atoms with Crippen molar-refractivity contribution < 1.29 is 19.5 Å². The summed E-state index contributed by atoms with van der Waals surface area (Å²) < 4.78 is 0. The van der Waals surface area contributed by atoms with Crippen LogP contribution in [0, 0.1) is 51.2 Å². The summed E-state index contributed by atoms with van der Waals surface area (Å²) in [6.45, 7) is 23.6. The van der Waals surface area contributed by atoms with Crippen LogP contribution in [-0.4, -0.2) is 64.5 Å². The normalized spacial score (nSPS) is 40.4. The van der Waals surface area contributed by atoms with Crippen LogP contribution >= 0.6 is 0 Å². The predicted molar refractivity (Wildman–Crippen MR) is 198 cm³/mol. The van der Waals surface area contributed by atoms with Gasteiger partial charge in [0.1, 0.15) is 0 Å². The van der Waals surface area contributed by atoms with Crippen LogP contribution in [0.5, 0.6) is 0 Å². The van der Waals surface area contributed by atoms with E-state index in [4.69, 9.17) is 0 Å². The van der Waals surface area contributed by atoms with Gasteiger partial charge in [0.25, 0.3) is 0 Å². The summed E-state index contributed by atoms with van der Waals surface area (Å²) in [5.41, 5.74) is 4.48. The average Bonchev–Trinajstić information content (AvgIpc) is 3.44. The molecule has 7 rings (SSSR count). The quantitative estimate of drug-likeness (QED) is 0.311. The van der Waals surface area contributed by atoms with E-state index in [0.717, 1.165) is 37.7 Å². The lowest BCUT2D eigenvalue weighted by molar-refractivity contribution is -0.218. The molecule has 272 valence electrons. The Morgan fingerprint density at radius 3 is 2.08 bits per heavy atom. The standard InChI is InChI=1S/C43H61N3O4/c1-27(2)31-15-20-43(44-38(50)46-25-23-45(24-26-46)28(3)47)22-21-41(7)33(36(31)43)13-14-35-40(6)18-16-32(29-9-11-30(12-10-29)37(48)49)39(4,5)34(40)17-19-42(35,41)8/h9-12,16,31,33-36H,1,13-15,17-26H2,2-8H3,(H,44,50)(H,48,49)/t31-,33+,34-,35+,36+,40-,41+,42+,43-/m0/s1. The van der Waals surface area contributed by atoms with E-state index in [2.05, 4.69) is 59.5 Å². The molecule has 1 aliphatic heterocycles. The van der Waals surface area contributed by atoms with E-state index in [1.165, 1.54) is 36.8 Å². The number of aromatic carboxylic acids is 1. The first-order valence-corrected chi connectivity index (χ1v) is 19.5. The molecule has 7 nitrogen and oxygen atoms in total. The van der Waals surface area contributed by atoms with Gasteiger partial charge in [-0.25, -0.2) is 9.59 Å². The SMILES string of the molecule is C=C(C)[C@@H]1CC[C@]2(NC(=O)N3CCN(C(C)=O)CC3)CC[C@]3(C)[C@H](CC[C@@H]4[C@@]5(C)CC=C(c6ccc(C(=O)O)cc6)C(C)(C)[C@@H]5CC[C@]43C)[C@@H]12. The predicted octanol–water partition coefficient (Wildman–Crippen LogP) is 8.66.